The van der Waals surface area contributed by atoms with E-state index in [1.54, 1.807) is 12.1 Å². The summed E-state index contributed by atoms with van der Waals surface area (Å²) in [5, 5.41) is 12.9. The Bertz CT molecular complexity index is 435. The van der Waals surface area contributed by atoms with E-state index < -0.39 is 0 Å². The van der Waals surface area contributed by atoms with Crippen molar-refractivity contribution in [3.63, 3.8) is 0 Å². The summed E-state index contributed by atoms with van der Waals surface area (Å²) < 4.78 is 5.51. The van der Waals surface area contributed by atoms with Crippen LogP contribution in [0, 0.1) is 5.92 Å². The third kappa shape index (κ3) is 4.93. The van der Waals surface area contributed by atoms with Gasteiger partial charge in [0.15, 0.2) is 0 Å². The highest BCUT2D eigenvalue weighted by Gasteiger charge is 2.10. The predicted octanol–water partition coefficient (Wildman–Crippen LogP) is 2.34. The molecule has 0 saturated carbocycles. The van der Waals surface area contributed by atoms with Gasteiger partial charge in [0.25, 0.3) is 0 Å². The molecule has 1 aromatic rings. The average molecular weight is 330 g/mol. The summed E-state index contributed by atoms with van der Waals surface area (Å²) in [6.07, 6.45) is -0.354. The molecule has 0 heterocycles. The molecule has 1 atom stereocenters. The van der Waals surface area contributed by atoms with Crippen molar-refractivity contribution in [2.75, 3.05) is 13.7 Å². The van der Waals surface area contributed by atoms with E-state index in [0.717, 1.165) is 10.0 Å². The molecule has 0 aliphatic carbocycles. The number of esters is 1. The van der Waals surface area contributed by atoms with Crippen LogP contribution in [0.4, 0.5) is 0 Å². The number of carbonyl (C=O) groups is 1. The number of ether oxygens (including phenoxy) is 1. The number of nitrogens with one attached hydrogen (secondary N) is 1. The van der Waals surface area contributed by atoms with Gasteiger partial charge in [0.05, 0.1) is 18.8 Å². The Morgan fingerprint density at radius 1 is 1.47 bits per heavy atom. The minimum absolute atomic E-state index is 0.234. The van der Waals surface area contributed by atoms with Crippen molar-refractivity contribution in [3.05, 3.63) is 33.8 Å². The molecule has 0 aliphatic rings. The molecule has 19 heavy (non-hydrogen) atoms. The molecule has 0 saturated heterocycles. The van der Waals surface area contributed by atoms with Gasteiger partial charge in [0, 0.05) is 17.6 Å². The Morgan fingerprint density at radius 3 is 2.68 bits per heavy atom. The fourth-order valence-electron chi connectivity index (χ4n) is 1.53. The number of rotatable bonds is 6. The van der Waals surface area contributed by atoms with Gasteiger partial charge in [-0.2, -0.15) is 0 Å². The largest absolute Gasteiger partial charge is 0.465 e. The van der Waals surface area contributed by atoms with Crippen LogP contribution in [0.5, 0.6) is 0 Å². The first kappa shape index (κ1) is 16.1. The lowest BCUT2D eigenvalue weighted by atomic mass is 10.1. The predicted molar refractivity (Wildman–Crippen MR) is 78.0 cm³/mol. The minimum atomic E-state index is -0.354. The van der Waals surface area contributed by atoms with Crippen molar-refractivity contribution >= 4 is 21.9 Å². The number of hydrogen-bond acceptors (Lipinski definition) is 4. The lowest BCUT2D eigenvalue weighted by Gasteiger charge is -2.15. The first-order chi connectivity index (χ1) is 8.95. The van der Waals surface area contributed by atoms with Gasteiger partial charge in [-0.05, 0) is 23.6 Å². The van der Waals surface area contributed by atoms with Gasteiger partial charge < -0.3 is 15.2 Å². The molecule has 1 unspecified atom stereocenters. The van der Waals surface area contributed by atoms with E-state index in [1.807, 2.05) is 19.9 Å². The van der Waals surface area contributed by atoms with Crippen LogP contribution in [0.15, 0.2) is 22.7 Å². The Morgan fingerprint density at radius 2 is 2.16 bits per heavy atom. The van der Waals surface area contributed by atoms with Gasteiger partial charge in [-0.3, -0.25) is 0 Å². The van der Waals surface area contributed by atoms with Gasteiger partial charge in [0.2, 0.25) is 0 Å². The number of hydrogen-bond donors (Lipinski definition) is 2. The van der Waals surface area contributed by atoms with E-state index in [-0.39, 0.29) is 18.0 Å². The highest BCUT2D eigenvalue weighted by atomic mass is 79.9. The fraction of sp³-hybridized carbons (Fsp3) is 0.500. The smallest absolute Gasteiger partial charge is 0.337 e. The van der Waals surface area contributed by atoms with Crippen molar-refractivity contribution in [1.82, 2.24) is 5.32 Å². The quantitative estimate of drug-likeness (QED) is 0.786. The van der Waals surface area contributed by atoms with Crippen LogP contribution in [-0.4, -0.2) is 30.8 Å². The molecule has 106 valence electrons. The van der Waals surface area contributed by atoms with Crippen LogP contribution < -0.4 is 5.32 Å². The second-order valence-corrected chi connectivity index (χ2v) is 5.59. The standard InChI is InChI=1S/C14H20BrNO3/c1-9(2)13(17)8-16-7-11-5-4-10(6-12(11)15)14(18)19-3/h4-6,9,13,16-17H,7-8H2,1-3H3. The molecule has 0 aliphatic heterocycles. The topological polar surface area (TPSA) is 58.6 Å². The Labute approximate surface area is 122 Å². The zero-order valence-corrected chi connectivity index (χ0v) is 13.0. The molecule has 5 heteroatoms. The van der Waals surface area contributed by atoms with Crippen LogP contribution in [0.25, 0.3) is 0 Å². The van der Waals surface area contributed by atoms with Crippen LogP contribution >= 0.6 is 15.9 Å². The summed E-state index contributed by atoms with van der Waals surface area (Å²) in [5.74, 6) is -0.118. The average Bonchev–Trinajstić information content (AvgIpc) is 2.39. The number of halogens is 1. The van der Waals surface area contributed by atoms with Crippen LogP contribution in [0.1, 0.15) is 29.8 Å². The maximum atomic E-state index is 11.4. The summed E-state index contributed by atoms with van der Waals surface area (Å²) in [6.45, 7) is 5.13. The second kappa shape index (κ2) is 7.62. The first-order valence-electron chi connectivity index (χ1n) is 6.21. The van der Waals surface area contributed by atoms with E-state index in [4.69, 9.17) is 0 Å². The summed E-state index contributed by atoms with van der Waals surface area (Å²) in [6, 6.07) is 5.33. The minimum Gasteiger partial charge on any atom is -0.465 e. The Kier molecular flexibility index (Phi) is 6.48. The van der Waals surface area contributed by atoms with Gasteiger partial charge in [0.1, 0.15) is 0 Å². The third-order valence-electron chi connectivity index (χ3n) is 2.91. The zero-order valence-electron chi connectivity index (χ0n) is 11.4. The molecule has 1 rings (SSSR count). The van der Waals surface area contributed by atoms with Gasteiger partial charge in [-0.15, -0.1) is 0 Å². The van der Waals surface area contributed by atoms with Gasteiger partial charge in [-0.25, -0.2) is 4.79 Å². The van der Waals surface area contributed by atoms with Gasteiger partial charge in [-0.1, -0.05) is 35.8 Å². The van der Waals surface area contributed by atoms with Crippen molar-refractivity contribution in [1.29, 1.82) is 0 Å². The summed E-state index contributed by atoms with van der Waals surface area (Å²) in [5.41, 5.74) is 1.55. The number of methoxy groups -OCH3 is 1. The van der Waals surface area contributed by atoms with E-state index in [0.29, 0.717) is 18.7 Å². The van der Waals surface area contributed by atoms with Gasteiger partial charge >= 0.3 is 5.97 Å². The van der Waals surface area contributed by atoms with Crippen molar-refractivity contribution in [2.45, 2.75) is 26.5 Å². The SMILES string of the molecule is COC(=O)c1ccc(CNCC(O)C(C)C)c(Br)c1. The van der Waals surface area contributed by atoms with Crippen LogP contribution in [0.3, 0.4) is 0 Å². The summed E-state index contributed by atoms with van der Waals surface area (Å²) in [7, 11) is 1.36. The molecule has 0 fully saturated rings. The highest BCUT2D eigenvalue weighted by molar-refractivity contribution is 9.10. The lowest BCUT2D eigenvalue weighted by molar-refractivity contribution is 0.0600. The number of aliphatic hydroxyl groups is 1. The van der Waals surface area contributed by atoms with Crippen LogP contribution in [0.2, 0.25) is 0 Å². The molecule has 0 bridgehead atoms. The molecule has 1 aromatic carbocycles. The summed E-state index contributed by atoms with van der Waals surface area (Å²) in [4.78, 5) is 11.4. The number of carbonyl (C=O) groups excluding carboxylic acids is 1. The lowest BCUT2D eigenvalue weighted by Crippen LogP contribution is -2.30. The fourth-order valence-corrected chi connectivity index (χ4v) is 2.04. The van der Waals surface area contributed by atoms with Crippen LogP contribution in [-0.2, 0) is 11.3 Å². The maximum absolute atomic E-state index is 11.4. The van der Waals surface area contributed by atoms with E-state index in [1.165, 1.54) is 7.11 Å². The maximum Gasteiger partial charge on any atom is 0.337 e. The molecular weight excluding hydrogens is 310 g/mol. The van der Waals surface area contributed by atoms with E-state index in [2.05, 4.69) is 26.0 Å². The molecular formula is C14H20BrNO3. The highest BCUT2D eigenvalue weighted by Crippen LogP contribution is 2.19. The number of aliphatic hydroxyl groups excluding tert-OH is 1. The van der Waals surface area contributed by atoms with Crippen molar-refractivity contribution in [3.8, 4) is 0 Å². The molecule has 4 nitrogen and oxygen atoms in total. The normalized spacial score (nSPS) is 12.5. The molecule has 0 aromatic heterocycles. The molecule has 0 spiro atoms. The molecule has 2 N–H and O–H groups in total. The monoisotopic (exact) mass is 329 g/mol. The molecule has 0 radical (unpaired) electrons. The second-order valence-electron chi connectivity index (χ2n) is 4.74. The first-order valence-corrected chi connectivity index (χ1v) is 7.00. The van der Waals surface area contributed by atoms with E-state index in [9.17, 15) is 9.90 Å². The summed E-state index contributed by atoms with van der Waals surface area (Å²) >= 11 is 3.43. The number of benzene rings is 1. The zero-order chi connectivity index (χ0) is 14.4. The Balaban J connectivity index is 2.58. The van der Waals surface area contributed by atoms with Crippen molar-refractivity contribution < 1.29 is 14.6 Å². The van der Waals surface area contributed by atoms with Crippen molar-refractivity contribution in [2.24, 2.45) is 5.92 Å². The third-order valence-corrected chi connectivity index (χ3v) is 3.65. The van der Waals surface area contributed by atoms with E-state index >= 15 is 0 Å². The Hall–Kier alpha value is -0.910. The molecule has 0 amide bonds.